The summed E-state index contributed by atoms with van der Waals surface area (Å²) in [7, 11) is 0. The normalized spacial score (nSPS) is 24.7. The minimum Gasteiger partial charge on any atom is -0.366 e. The predicted molar refractivity (Wildman–Crippen MR) is 65.2 cm³/mol. The van der Waals surface area contributed by atoms with Crippen molar-refractivity contribution in [1.29, 1.82) is 0 Å². The molecule has 0 spiro atoms. The second-order valence-electron chi connectivity index (χ2n) is 3.75. The SMILES string of the molecule is CCCC1CC1Nc1ncncc1I. The van der Waals surface area contributed by atoms with Gasteiger partial charge >= 0.3 is 0 Å². The van der Waals surface area contributed by atoms with Crippen molar-refractivity contribution < 1.29 is 0 Å². The Morgan fingerprint density at radius 1 is 1.64 bits per heavy atom. The van der Waals surface area contributed by atoms with Gasteiger partial charge in [0.15, 0.2) is 0 Å². The number of halogens is 1. The fourth-order valence-corrected chi connectivity index (χ4v) is 2.16. The van der Waals surface area contributed by atoms with Gasteiger partial charge in [-0.3, -0.25) is 0 Å². The van der Waals surface area contributed by atoms with Gasteiger partial charge in [0.1, 0.15) is 12.1 Å². The predicted octanol–water partition coefficient (Wildman–Crippen LogP) is 2.68. The molecule has 1 saturated carbocycles. The van der Waals surface area contributed by atoms with E-state index in [0.29, 0.717) is 6.04 Å². The third-order valence-corrected chi connectivity index (χ3v) is 3.36. The van der Waals surface area contributed by atoms with E-state index in [1.54, 1.807) is 6.33 Å². The van der Waals surface area contributed by atoms with E-state index in [9.17, 15) is 0 Å². The highest BCUT2D eigenvalue weighted by molar-refractivity contribution is 14.1. The van der Waals surface area contributed by atoms with Crippen LogP contribution in [0.25, 0.3) is 0 Å². The van der Waals surface area contributed by atoms with Gasteiger partial charge in [0, 0.05) is 12.2 Å². The first-order valence-electron chi connectivity index (χ1n) is 5.03. The lowest BCUT2D eigenvalue weighted by Crippen LogP contribution is -2.07. The van der Waals surface area contributed by atoms with Gasteiger partial charge in [0.05, 0.1) is 3.57 Å². The van der Waals surface area contributed by atoms with Gasteiger partial charge in [-0.05, 0) is 41.4 Å². The van der Waals surface area contributed by atoms with Gasteiger partial charge in [0.2, 0.25) is 0 Å². The van der Waals surface area contributed by atoms with Crippen LogP contribution in [0.1, 0.15) is 26.2 Å². The third-order valence-electron chi connectivity index (χ3n) is 2.57. The number of aromatic nitrogens is 2. The van der Waals surface area contributed by atoms with Crippen molar-refractivity contribution in [3.05, 3.63) is 16.1 Å². The summed E-state index contributed by atoms with van der Waals surface area (Å²) in [6.07, 6.45) is 7.35. The summed E-state index contributed by atoms with van der Waals surface area (Å²) < 4.78 is 1.10. The highest BCUT2D eigenvalue weighted by Gasteiger charge is 2.36. The first-order chi connectivity index (χ1) is 6.81. The Kier molecular flexibility index (Phi) is 3.20. The first kappa shape index (κ1) is 10.1. The number of hydrogen-bond acceptors (Lipinski definition) is 3. The second kappa shape index (κ2) is 4.42. The van der Waals surface area contributed by atoms with Crippen molar-refractivity contribution in [3.8, 4) is 0 Å². The molecule has 3 nitrogen and oxygen atoms in total. The van der Waals surface area contributed by atoms with Crippen molar-refractivity contribution in [3.63, 3.8) is 0 Å². The minimum atomic E-state index is 0.651. The fourth-order valence-electron chi connectivity index (χ4n) is 1.71. The molecule has 14 heavy (non-hydrogen) atoms. The van der Waals surface area contributed by atoms with Crippen LogP contribution in [-0.2, 0) is 0 Å². The van der Waals surface area contributed by atoms with Gasteiger partial charge in [-0.15, -0.1) is 0 Å². The van der Waals surface area contributed by atoms with Crippen LogP contribution in [0.15, 0.2) is 12.5 Å². The molecule has 4 heteroatoms. The topological polar surface area (TPSA) is 37.8 Å². The summed E-state index contributed by atoms with van der Waals surface area (Å²) in [5, 5.41) is 3.46. The third kappa shape index (κ3) is 2.34. The molecule has 0 saturated heterocycles. The minimum absolute atomic E-state index is 0.651. The molecule has 1 aliphatic rings. The van der Waals surface area contributed by atoms with Crippen molar-refractivity contribution in [2.24, 2.45) is 5.92 Å². The molecule has 0 aromatic carbocycles. The molecule has 1 heterocycles. The molecule has 1 aromatic rings. The first-order valence-corrected chi connectivity index (χ1v) is 6.11. The summed E-state index contributed by atoms with van der Waals surface area (Å²) in [5.74, 6) is 1.86. The molecule has 0 amide bonds. The van der Waals surface area contributed by atoms with Crippen molar-refractivity contribution in [2.45, 2.75) is 32.2 Å². The average molecular weight is 303 g/mol. The Bertz CT molecular complexity index is 316. The highest BCUT2D eigenvalue weighted by Crippen LogP contribution is 2.37. The van der Waals surface area contributed by atoms with E-state index in [0.717, 1.165) is 15.3 Å². The number of rotatable bonds is 4. The second-order valence-corrected chi connectivity index (χ2v) is 4.92. The highest BCUT2D eigenvalue weighted by atomic mass is 127. The lowest BCUT2D eigenvalue weighted by atomic mass is 10.2. The molecule has 2 atom stereocenters. The quantitative estimate of drug-likeness (QED) is 0.869. The Morgan fingerprint density at radius 3 is 3.21 bits per heavy atom. The van der Waals surface area contributed by atoms with Crippen molar-refractivity contribution in [2.75, 3.05) is 5.32 Å². The van der Waals surface area contributed by atoms with E-state index >= 15 is 0 Å². The standard InChI is InChI=1S/C10H14IN3/c1-2-3-7-4-9(7)14-10-8(11)5-12-6-13-10/h5-7,9H,2-4H2,1H3,(H,12,13,14). The summed E-state index contributed by atoms with van der Waals surface area (Å²) in [6, 6.07) is 0.651. The average Bonchev–Trinajstić information content (AvgIpc) is 2.89. The van der Waals surface area contributed by atoms with Gasteiger partial charge in [-0.2, -0.15) is 0 Å². The van der Waals surface area contributed by atoms with E-state index < -0.39 is 0 Å². The zero-order valence-corrected chi connectivity index (χ0v) is 10.4. The maximum absolute atomic E-state index is 4.22. The smallest absolute Gasteiger partial charge is 0.143 e. The molecule has 2 rings (SSSR count). The number of anilines is 1. The Labute approximate surface area is 97.9 Å². The Hall–Kier alpha value is -0.390. The van der Waals surface area contributed by atoms with Crippen LogP contribution in [0.3, 0.4) is 0 Å². The molecule has 2 unspecified atom stereocenters. The summed E-state index contributed by atoms with van der Waals surface area (Å²) in [4.78, 5) is 8.19. The zero-order chi connectivity index (χ0) is 9.97. The van der Waals surface area contributed by atoms with Gasteiger partial charge < -0.3 is 5.32 Å². The molecular weight excluding hydrogens is 289 g/mol. The van der Waals surface area contributed by atoms with Crippen LogP contribution in [0, 0.1) is 9.49 Å². The maximum Gasteiger partial charge on any atom is 0.143 e. The molecule has 1 N–H and O–H groups in total. The summed E-state index contributed by atoms with van der Waals surface area (Å²) in [6.45, 7) is 2.24. The summed E-state index contributed by atoms with van der Waals surface area (Å²) >= 11 is 2.26. The van der Waals surface area contributed by atoms with E-state index in [1.165, 1.54) is 19.3 Å². The van der Waals surface area contributed by atoms with Crippen molar-refractivity contribution >= 4 is 28.4 Å². The lowest BCUT2D eigenvalue weighted by Gasteiger charge is -2.05. The van der Waals surface area contributed by atoms with E-state index in [-0.39, 0.29) is 0 Å². The number of nitrogens with one attached hydrogen (secondary N) is 1. The largest absolute Gasteiger partial charge is 0.366 e. The number of hydrogen-bond donors (Lipinski definition) is 1. The lowest BCUT2D eigenvalue weighted by molar-refractivity contribution is 0.692. The fraction of sp³-hybridized carbons (Fsp3) is 0.600. The van der Waals surface area contributed by atoms with Crippen LogP contribution >= 0.6 is 22.6 Å². The molecule has 1 fully saturated rings. The molecule has 1 aliphatic carbocycles. The van der Waals surface area contributed by atoms with Gasteiger partial charge in [0.25, 0.3) is 0 Å². The molecule has 0 bridgehead atoms. The van der Waals surface area contributed by atoms with E-state index in [4.69, 9.17) is 0 Å². The maximum atomic E-state index is 4.22. The molecule has 0 aliphatic heterocycles. The molecule has 0 radical (unpaired) electrons. The number of nitrogens with zero attached hydrogens (tertiary/aromatic N) is 2. The van der Waals surface area contributed by atoms with Crippen LogP contribution in [0.4, 0.5) is 5.82 Å². The van der Waals surface area contributed by atoms with Crippen LogP contribution in [-0.4, -0.2) is 16.0 Å². The van der Waals surface area contributed by atoms with Crippen LogP contribution in [0.5, 0.6) is 0 Å². The molecule has 76 valence electrons. The van der Waals surface area contributed by atoms with Crippen molar-refractivity contribution in [1.82, 2.24) is 9.97 Å². The monoisotopic (exact) mass is 303 g/mol. The molecule has 1 aromatic heterocycles. The van der Waals surface area contributed by atoms with Gasteiger partial charge in [-0.1, -0.05) is 13.3 Å². The Morgan fingerprint density at radius 2 is 2.50 bits per heavy atom. The zero-order valence-electron chi connectivity index (χ0n) is 8.20. The molecular formula is C10H14IN3. The van der Waals surface area contributed by atoms with Crippen LogP contribution < -0.4 is 5.32 Å². The summed E-state index contributed by atoms with van der Waals surface area (Å²) in [5.41, 5.74) is 0. The van der Waals surface area contributed by atoms with E-state index in [1.807, 2.05) is 6.20 Å². The Balaban J connectivity index is 1.90. The van der Waals surface area contributed by atoms with Crippen LogP contribution in [0.2, 0.25) is 0 Å². The van der Waals surface area contributed by atoms with E-state index in [2.05, 4.69) is 44.8 Å². The van der Waals surface area contributed by atoms with Gasteiger partial charge in [-0.25, -0.2) is 9.97 Å².